The minimum Gasteiger partial charge on any atom is -0.491 e. The molecule has 6 heteroatoms. The van der Waals surface area contributed by atoms with Crippen LogP contribution in [0.2, 0.25) is 0 Å². The van der Waals surface area contributed by atoms with Crippen molar-refractivity contribution >= 4 is 27.7 Å². The molecule has 0 aromatic heterocycles. The van der Waals surface area contributed by atoms with Crippen LogP contribution in [0.1, 0.15) is 43.0 Å². The molecule has 0 saturated heterocycles. The number of esters is 1. The molecule has 0 unspecified atom stereocenters. The topological polar surface area (TPSA) is 61.8 Å². The number of Topliss-reactive ketones (excluding diaryl/α,β-unsaturated/α-hetero) is 1. The number of halogens is 1. The smallest absolute Gasteiger partial charge is 0.302 e. The maximum absolute atomic E-state index is 12.5. The van der Waals surface area contributed by atoms with Crippen LogP contribution in [-0.2, 0) is 14.3 Å². The average molecular weight is 399 g/mol. The largest absolute Gasteiger partial charge is 0.491 e. The van der Waals surface area contributed by atoms with E-state index in [0.717, 1.165) is 25.7 Å². The lowest BCUT2D eigenvalue weighted by atomic mass is 9.96. The summed E-state index contributed by atoms with van der Waals surface area (Å²) in [5, 5.41) is 0. The summed E-state index contributed by atoms with van der Waals surface area (Å²) in [6, 6.07) is 7.22. The van der Waals surface area contributed by atoms with E-state index in [4.69, 9.17) is 14.2 Å². The summed E-state index contributed by atoms with van der Waals surface area (Å²) in [5.41, 5.74) is 0.707. The van der Waals surface area contributed by atoms with Crippen LogP contribution in [-0.4, -0.2) is 42.5 Å². The van der Waals surface area contributed by atoms with Crippen molar-refractivity contribution < 1.29 is 23.8 Å². The molecule has 132 valence electrons. The zero-order valence-corrected chi connectivity index (χ0v) is 15.5. The first-order chi connectivity index (χ1) is 11.5. The second-order valence-corrected chi connectivity index (χ2v) is 7.34. The molecular weight excluding hydrogens is 376 g/mol. The lowest BCUT2D eigenvalue weighted by Crippen LogP contribution is -2.28. The van der Waals surface area contributed by atoms with Crippen molar-refractivity contribution in [3.63, 3.8) is 0 Å². The van der Waals surface area contributed by atoms with E-state index in [0.29, 0.717) is 31.1 Å². The second kappa shape index (κ2) is 9.18. The van der Waals surface area contributed by atoms with Crippen LogP contribution in [0.25, 0.3) is 0 Å². The third-order valence-corrected chi connectivity index (χ3v) is 5.10. The van der Waals surface area contributed by atoms with Crippen molar-refractivity contribution in [2.75, 3.05) is 26.4 Å². The molecule has 24 heavy (non-hydrogen) atoms. The molecule has 0 spiro atoms. The van der Waals surface area contributed by atoms with E-state index in [1.165, 1.54) is 6.92 Å². The Morgan fingerprint density at radius 1 is 1.04 bits per heavy atom. The van der Waals surface area contributed by atoms with E-state index in [1.807, 2.05) is 0 Å². The van der Waals surface area contributed by atoms with E-state index in [2.05, 4.69) is 15.9 Å². The molecular formula is C18H23BrO5. The maximum atomic E-state index is 12.5. The van der Waals surface area contributed by atoms with E-state index >= 15 is 0 Å². The Labute approximate surface area is 150 Å². The Hall–Kier alpha value is -1.40. The first-order valence-corrected chi connectivity index (χ1v) is 8.98. The number of rotatable bonds is 9. The molecule has 1 saturated carbocycles. The van der Waals surface area contributed by atoms with E-state index < -0.39 is 0 Å². The highest BCUT2D eigenvalue weighted by Crippen LogP contribution is 2.40. The molecule has 1 aromatic carbocycles. The Balaban J connectivity index is 1.70. The number of benzene rings is 1. The van der Waals surface area contributed by atoms with Gasteiger partial charge in [0.05, 0.1) is 17.5 Å². The van der Waals surface area contributed by atoms with E-state index in [9.17, 15) is 9.59 Å². The quantitative estimate of drug-likeness (QED) is 0.275. The van der Waals surface area contributed by atoms with Crippen molar-refractivity contribution in [1.82, 2.24) is 0 Å². The maximum Gasteiger partial charge on any atom is 0.302 e. The summed E-state index contributed by atoms with van der Waals surface area (Å²) in [7, 11) is 0. The molecule has 1 aromatic rings. The monoisotopic (exact) mass is 398 g/mol. The molecule has 0 radical (unpaired) electrons. The van der Waals surface area contributed by atoms with Gasteiger partial charge in [-0.3, -0.25) is 9.59 Å². The number of carbonyl (C=O) groups excluding carboxylic acids is 2. The summed E-state index contributed by atoms with van der Waals surface area (Å²) < 4.78 is 15.2. The minimum absolute atomic E-state index is 0.153. The van der Waals surface area contributed by atoms with Crippen molar-refractivity contribution in [2.45, 2.75) is 36.9 Å². The molecule has 1 aliphatic carbocycles. The van der Waals surface area contributed by atoms with Gasteiger partial charge in [-0.1, -0.05) is 28.8 Å². The van der Waals surface area contributed by atoms with Crippen LogP contribution in [0.4, 0.5) is 0 Å². The molecule has 2 rings (SSSR count). The molecule has 0 bridgehead atoms. The van der Waals surface area contributed by atoms with Crippen LogP contribution in [0.3, 0.4) is 0 Å². The van der Waals surface area contributed by atoms with Crippen molar-refractivity contribution in [3.8, 4) is 5.75 Å². The fourth-order valence-corrected chi connectivity index (χ4v) is 3.48. The van der Waals surface area contributed by atoms with Gasteiger partial charge in [0, 0.05) is 12.5 Å². The van der Waals surface area contributed by atoms with E-state index in [1.54, 1.807) is 24.3 Å². The van der Waals surface area contributed by atoms with Gasteiger partial charge in [0.25, 0.3) is 0 Å². The van der Waals surface area contributed by atoms with E-state index in [-0.39, 0.29) is 22.7 Å². The first-order valence-electron chi connectivity index (χ1n) is 8.19. The van der Waals surface area contributed by atoms with Crippen LogP contribution >= 0.6 is 15.9 Å². The first kappa shape index (κ1) is 18.9. The fraction of sp³-hybridized carbons (Fsp3) is 0.556. The number of carbonyl (C=O) groups is 2. The standard InChI is InChI=1S/C18H23BrO5/c1-14(20)23-12-10-22-11-13-24-16-6-4-15(5-7-16)17(21)18(19)8-2-3-9-18/h4-7H,2-3,8-13H2,1H3. The zero-order chi connectivity index (χ0) is 17.4. The number of hydrogen-bond acceptors (Lipinski definition) is 5. The second-order valence-electron chi connectivity index (χ2n) is 5.83. The Morgan fingerprint density at radius 2 is 1.67 bits per heavy atom. The molecule has 5 nitrogen and oxygen atoms in total. The molecule has 0 amide bonds. The third-order valence-electron chi connectivity index (χ3n) is 3.95. The predicted octanol–water partition coefficient (Wildman–Crippen LogP) is 3.54. The van der Waals surface area contributed by atoms with Gasteiger partial charge in [-0.25, -0.2) is 0 Å². The average Bonchev–Trinajstić information content (AvgIpc) is 3.01. The summed E-state index contributed by atoms with van der Waals surface area (Å²) in [6.07, 6.45) is 3.98. The van der Waals surface area contributed by atoms with Gasteiger partial charge < -0.3 is 14.2 Å². The Morgan fingerprint density at radius 3 is 2.29 bits per heavy atom. The molecule has 0 atom stereocenters. The molecule has 1 fully saturated rings. The number of ketones is 1. The minimum atomic E-state index is -0.384. The Kier molecular flexibility index (Phi) is 7.24. The number of alkyl halides is 1. The highest BCUT2D eigenvalue weighted by atomic mass is 79.9. The van der Waals surface area contributed by atoms with Gasteiger partial charge in [0.15, 0.2) is 5.78 Å². The lowest BCUT2D eigenvalue weighted by molar-refractivity contribution is -0.142. The van der Waals surface area contributed by atoms with Gasteiger partial charge >= 0.3 is 5.97 Å². The lowest BCUT2D eigenvalue weighted by Gasteiger charge is -2.19. The predicted molar refractivity (Wildman–Crippen MR) is 93.8 cm³/mol. The molecule has 0 heterocycles. The van der Waals surface area contributed by atoms with Crippen LogP contribution in [0.15, 0.2) is 24.3 Å². The zero-order valence-electron chi connectivity index (χ0n) is 13.9. The summed E-state index contributed by atoms with van der Waals surface area (Å²) in [5.74, 6) is 0.540. The number of ether oxygens (including phenoxy) is 3. The van der Waals surface area contributed by atoms with Gasteiger partial charge in [-0.05, 0) is 37.1 Å². The number of hydrogen-bond donors (Lipinski definition) is 0. The van der Waals surface area contributed by atoms with Crippen LogP contribution < -0.4 is 4.74 Å². The van der Waals surface area contributed by atoms with Crippen LogP contribution in [0, 0.1) is 0 Å². The summed E-state index contributed by atoms with van der Waals surface area (Å²) in [6.45, 7) is 2.77. The van der Waals surface area contributed by atoms with Crippen molar-refractivity contribution in [1.29, 1.82) is 0 Å². The SMILES string of the molecule is CC(=O)OCCOCCOc1ccc(C(=O)C2(Br)CCCC2)cc1. The Bertz CT molecular complexity index is 549. The molecule has 1 aliphatic rings. The van der Waals surface area contributed by atoms with Gasteiger partial charge in [-0.2, -0.15) is 0 Å². The third kappa shape index (κ3) is 5.60. The summed E-state index contributed by atoms with van der Waals surface area (Å²) in [4.78, 5) is 23.1. The molecule has 0 N–H and O–H groups in total. The van der Waals surface area contributed by atoms with Gasteiger partial charge in [-0.15, -0.1) is 0 Å². The van der Waals surface area contributed by atoms with Gasteiger partial charge in [0.1, 0.15) is 19.0 Å². The van der Waals surface area contributed by atoms with Crippen molar-refractivity contribution in [2.24, 2.45) is 0 Å². The normalized spacial score (nSPS) is 15.9. The van der Waals surface area contributed by atoms with Gasteiger partial charge in [0.2, 0.25) is 0 Å². The highest BCUT2D eigenvalue weighted by molar-refractivity contribution is 9.10. The summed E-state index contributed by atoms with van der Waals surface area (Å²) >= 11 is 3.62. The van der Waals surface area contributed by atoms with Crippen molar-refractivity contribution in [3.05, 3.63) is 29.8 Å². The van der Waals surface area contributed by atoms with Crippen LogP contribution in [0.5, 0.6) is 5.75 Å². The fourth-order valence-electron chi connectivity index (χ4n) is 2.69. The highest BCUT2D eigenvalue weighted by Gasteiger charge is 2.38. The molecule has 0 aliphatic heterocycles.